The van der Waals surface area contributed by atoms with Crippen molar-refractivity contribution in [3.63, 3.8) is 0 Å². The molecule has 0 saturated carbocycles. The van der Waals surface area contributed by atoms with Gasteiger partial charge in [-0.3, -0.25) is 0 Å². The molecule has 2 rings (SSSR count). The number of rotatable bonds is 3. The van der Waals surface area contributed by atoms with Crippen molar-refractivity contribution in [1.29, 1.82) is 0 Å². The van der Waals surface area contributed by atoms with Gasteiger partial charge in [-0.2, -0.15) is 0 Å². The Labute approximate surface area is 86.5 Å². The van der Waals surface area contributed by atoms with Crippen LogP contribution in [0.3, 0.4) is 0 Å². The fourth-order valence-corrected chi connectivity index (χ4v) is 2.19. The predicted octanol–water partition coefficient (Wildman–Crippen LogP) is 2.54. The monoisotopic (exact) mass is 189 g/mol. The highest BCUT2D eigenvalue weighted by Crippen LogP contribution is 2.13. The van der Waals surface area contributed by atoms with Gasteiger partial charge in [0.25, 0.3) is 0 Å². The van der Waals surface area contributed by atoms with Gasteiger partial charge in [0, 0.05) is 6.04 Å². The second-order valence-electron chi connectivity index (χ2n) is 4.17. The van der Waals surface area contributed by atoms with Crippen molar-refractivity contribution in [3.05, 3.63) is 35.4 Å². The first-order chi connectivity index (χ1) is 6.88. The van der Waals surface area contributed by atoms with Crippen LogP contribution >= 0.6 is 0 Å². The summed E-state index contributed by atoms with van der Waals surface area (Å²) in [6.07, 6.45) is 5.04. The van der Waals surface area contributed by atoms with Crippen molar-refractivity contribution < 1.29 is 0 Å². The van der Waals surface area contributed by atoms with Crippen LogP contribution in [0.1, 0.15) is 30.9 Å². The Morgan fingerprint density at radius 2 is 2.21 bits per heavy atom. The summed E-state index contributed by atoms with van der Waals surface area (Å²) in [6.45, 7) is 3.42. The lowest BCUT2D eigenvalue weighted by Gasteiger charge is -2.10. The average molecular weight is 189 g/mol. The summed E-state index contributed by atoms with van der Waals surface area (Å²) >= 11 is 0. The highest BCUT2D eigenvalue weighted by Gasteiger charge is 2.13. The number of hydrogen-bond acceptors (Lipinski definition) is 1. The van der Waals surface area contributed by atoms with Crippen LogP contribution in [0.2, 0.25) is 0 Å². The summed E-state index contributed by atoms with van der Waals surface area (Å²) in [6, 6.07) is 9.72. The Bertz CT molecular complexity index is 287. The van der Waals surface area contributed by atoms with E-state index >= 15 is 0 Å². The summed E-state index contributed by atoms with van der Waals surface area (Å²) in [5.74, 6) is 0. The Balaban J connectivity index is 2.00. The third-order valence-corrected chi connectivity index (χ3v) is 3.04. The zero-order chi connectivity index (χ0) is 9.80. The van der Waals surface area contributed by atoms with E-state index in [0.717, 1.165) is 12.5 Å². The van der Waals surface area contributed by atoms with E-state index in [1.165, 1.54) is 36.9 Å². The third-order valence-electron chi connectivity index (χ3n) is 3.04. The van der Waals surface area contributed by atoms with Crippen molar-refractivity contribution in [2.75, 3.05) is 6.54 Å². The van der Waals surface area contributed by atoms with E-state index in [4.69, 9.17) is 0 Å². The minimum atomic E-state index is 0.724. The van der Waals surface area contributed by atoms with E-state index in [1.54, 1.807) is 0 Å². The van der Waals surface area contributed by atoms with Gasteiger partial charge < -0.3 is 5.32 Å². The van der Waals surface area contributed by atoms with E-state index in [-0.39, 0.29) is 0 Å². The number of nitrogens with one attached hydrogen (secondary N) is 1. The molecule has 0 unspecified atom stereocenters. The summed E-state index contributed by atoms with van der Waals surface area (Å²) in [5.41, 5.74) is 2.95. The summed E-state index contributed by atoms with van der Waals surface area (Å²) < 4.78 is 0. The first-order valence-electron chi connectivity index (χ1n) is 5.69. The lowest BCUT2D eigenvalue weighted by atomic mass is 10.0. The smallest absolute Gasteiger partial charge is 0.0108 e. The van der Waals surface area contributed by atoms with E-state index in [9.17, 15) is 0 Å². The van der Waals surface area contributed by atoms with E-state index < -0.39 is 0 Å². The molecule has 1 aromatic carbocycles. The highest BCUT2D eigenvalue weighted by molar-refractivity contribution is 5.24. The molecule has 1 N–H and O–H groups in total. The molecule has 14 heavy (non-hydrogen) atoms. The molecule has 1 atom stereocenters. The molecule has 1 fully saturated rings. The minimum Gasteiger partial charge on any atom is -0.314 e. The fourth-order valence-electron chi connectivity index (χ4n) is 2.19. The standard InChI is InChI=1S/C13H19N/c1-2-11-5-3-6-12(9-11)10-13-7-4-8-14-13/h3,5-6,9,13-14H,2,4,7-8,10H2,1H3/t13-/m1/s1. The Kier molecular flexibility index (Phi) is 3.20. The van der Waals surface area contributed by atoms with Gasteiger partial charge in [-0.05, 0) is 43.4 Å². The number of benzene rings is 1. The molecule has 0 aliphatic carbocycles. The first-order valence-corrected chi connectivity index (χ1v) is 5.69. The largest absolute Gasteiger partial charge is 0.314 e. The van der Waals surface area contributed by atoms with Crippen molar-refractivity contribution >= 4 is 0 Å². The minimum absolute atomic E-state index is 0.724. The topological polar surface area (TPSA) is 12.0 Å². The Hall–Kier alpha value is -0.820. The van der Waals surface area contributed by atoms with Crippen molar-refractivity contribution in [3.8, 4) is 0 Å². The molecule has 1 aliphatic rings. The highest BCUT2D eigenvalue weighted by atomic mass is 14.9. The molecule has 0 radical (unpaired) electrons. The van der Waals surface area contributed by atoms with Gasteiger partial charge in [0.2, 0.25) is 0 Å². The molecule has 1 heteroatoms. The van der Waals surface area contributed by atoms with E-state index in [0.29, 0.717) is 0 Å². The molecular formula is C13H19N. The molecule has 0 aromatic heterocycles. The zero-order valence-electron chi connectivity index (χ0n) is 8.92. The molecule has 1 aromatic rings. The SMILES string of the molecule is CCc1cccc(C[C@H]2CCCN2)c1. The Morgan fingerprint density at radius 1 is 1.36 bits per heavy atom. The van der Waals surface area contributed by atoms with Crippen molar-refractivity contribution in [2.24, 2.45) is 0 Å². The maximum atomic E-state index is 3.54. The van der Waals surface area contributed by atoms with Crippen LogP contribution in [0.5, 0.6) is 0 Å². The predicted molar refractivity (Wildman–Crippen MR) is 60.5 cm³/mol. The molecule has 1 heterocycles. The third kappa shape index (κ3) is 2.36. The summed E-state index contributed by atoms with van der Waals surface area (Å²) in [5, 5.41) is 3.54. The van der Waals surface area contributed by atoms with Gasteiger partial charge in [-0.15, -0.1) is 0 Å². The van der Waals surface area contributed by atoms with Crippen LogP contribution < -0.4 is 5.32 Å². The van der Waals surface area contributed by atoms with Crippen molar-refractivity contribution in [2.45, 2.75) is 38.6 Å². The zero-order valence-corrected chi connectivity index (χ0v) is 8.92. The van der Waals surface area contributed by atoms with Crippen LogP contribution in [0.25, 0.3) is 0 Å². The van der Waals surface area contributed by atoms with Crippen LogP contribution in [0, 0.1) is 0 Å². The van der Waals surface area contributed by atoms with E-state index in [1.807, 2.05) is 0 Å². The summed E-state index contributed by atoms with van der Waals surface area (Å²) in [4.78, 5) is 0. The second-order valence-corrected chi connectivity index (χ2v) is 4.17. The van der Waals surface area contributed by atoms with Crippen LogP contribution in [0.4, 0.5) is 0 Å². The van der Waals surface area contributed by atoms with E-state index in [2.05, 4.69) is 36.5 Å². The number of aryl methyl sites for hydroxylation is 1. The maximum Gasteiger partial charge on any atom is 0.0108 e. The molecule has 1 saturated heterocycles. The molecule has 1 nitrogen and oxygen atoms in total. The lowest BCUT2D eigenvalue weighted by Crippen LogP contribution is -2.23. The molecule has 76 valence electrons. The van der Waals surface area contributed by atoms with Crippen LogP contribution in [0.15, 0.2) is 24.3 Å². The summed E-state index contributed by atoms with van der Waals surface area (Å²) in [7, 11) is 0. The Morgan fingerprint density at radius 3 is 2.93 bits per heavy atom. The maximum absolute atomic E-state index is 3.54. The van der Waals surface area contributed by atoms with Gasteiger partial charge in [0.1, 0.15) is 0 Å². The van der Waals surface area contributed by atoms with Gasteiger partial charge in [0.15, 0.2) is 0 Å². The van der Waals surface area contributed by atoms with Gasteiger partial charge in [0.05, 0.1) is 0 Å². The quantitative estimate of drug-likeness (QED) is 0.770. The van der Waals surface area contributed by atoms with Gasteiger partial charge in [-0.25, -0.2) is 0 Å². The molecule has 0 bridgehead atoms. The van der Waals surface area contributed by atoms with Crippen LogP contribution in [-0.4, -0.2) is 12.6 Å². The fraction of sp³-hybridized carbons (Fsp3) is 0.538. The second kappa shape index (κ2) is 4.61. The van der Waals surface area contributed by atoms with Gasteiger partial charge >= 0.3 is 0 Å². The average Bonchev–Trinajstić information content (AvgIpc) is 2.71. The lowest BCUT2D eigenvalue weighted by molar-refractivity contribution is 0.603. The normalized spacial score (nSPS) is 21.4. The van der Waals surface area contributed by atoms with Crippen molar-refractivity contribution in [1.82, 2.24) is 5.32 Å². The molecule has 1 aliphatic heterocycles. The first kappa shape index (κ1) is 9.72. The number of hydrogen-bond donors (Lipinski definition) is 1. The molecule has 0 spiro atoms. The van der Waals surface area contributed by atoms with Crippen LogP contribution in [-0.2, 0) is 12.8 Å². The molecule has 0 amide bonds. The molecular weight excluding hydrogens is 170 g/mol. The van der Waals surface area contributed by atoms with Gasteiger partial charge in [-0.1, -0.05) is 31.2 Å².